The number of hydrogen-bond acceptors (Lipinski definition) is 3. The Hall–Kier alpha value is -1.97. The number of nitrogens with zero attached hydrogens (tertiary/aromatic N) is 1. The number of benzene rings is 1. The Labute approximate surface area is 161 Å². The predicted molar refractivity (Wildman–Crippen MR) is 104 cm³/mol. The summed E-state index contributed by atoms with van der Waals surface area (Å²) in [4.78, 5) is 15.8. The lowest BCUT2D eigenvalue weighted by Gasteiger charge is -2.48. The van der Waals surface area contributed by atoms with Gasteiger partial charge in [0.2, 0.25) is 5.91 Å². The van der Waals surface area contributed by atoms with Gasteiger partial charge < -0.3 is 14.4 Å². The number of allylic oxidation sites excluding steroid dienone is 2. The summed E-state index contributed by atoms with van der Waals surface area (Å²) in [5.41, 5.74) is 2.48. The van der Waals surface area contributed by atoms with Gasteiger partial charge in [0.15, 0.2) is 11.5 Å². The lowest BCUT2D eigenvalue weighted by Crippen LogP contribution is -2.52. The van der Waals surface area contributed by atoms with Crippen molar-refractivity contribution < 1.29 is 14.3 Å². The van der Waals surface area contributed by atoms with E-state index in [0.717, 1.165) is 50.1 Å². The molecule has 2 aliphatic heterocycles. The van der Waals surface area contributed by atoms with Gasteiger partial charge in [0.25, 0.3) is 0 Å². The second kappa shape index (κ2) is 6.02. The first-order valence-electron chi connectivity index (χ1n) is 10.4. The van der Waals surface area contributed by atoms with Crippen molar-refractivity contribution in [3.05, 3.63) is 35.4 Å². The molecule has 1 amide bonds. The molecule has 4 heteroatoms. The fraction of sp³-hybridized carbons (Fsp3) is 0.609. The molecule has 1 aromatic carbocycles. The van der Waals surface area contributed by atoms with Crippen LogP contribution in [-0.4, -0.2) is 31.6 Å². The van der Waals surface area contributed by atoms with E-state index in [1.807, 2.05) is 0 Å². The van der Waals surface area contributed by atoms with Crippen LogP contribution in [0.1, 0.15) is 43.7 Å². The van der Waals surface area contributed by atoms with Crippen LogP contribution in [0.25, 0.3) is 0 Å². The molecule has 0 aromatic heterocycles. The third kappa shape index (κ3) is 2.07. The maximum atomic E-state index is 13.5. The number of amides is 1. The number of carbonyl (C=O) groups is 1. The molecule has 4 aliphatic rings. The molecule has 1 aromatic rings. The van der Waals surface area contributed by atoms with Crippen molar-refractivity contribution in [1.82, 2.24) is 4.90 Å². The molecular formula is C23H29NO3. The van der Waals surface area contributed by atoms with Crippen LogP contribution in [0.3, 0.4) is 0 Å². The molecule has 0 radical (unpaired) electrons. The molecule has 2 fully saturated rings. The van der Waals surface area contributed by atoms with Crippen molar-refractivity contribution in [2.45, 2.75) is 44.6 Å². The Morgan fingerprint density at radius 1 is 1.15 bits per heavy atom. The third-order valence-electron chi connectivity index (χ3n) is 7.64. The summed E-state index contributed by atoms with van der Waals surface area (Å²) in [6.07, 6.45) is 10.1. The van der Waals surface area contributed by atoms with E-state index in [1.54, 1.807) is 14.2 Å². The van der Waals surface area contributed by atoms with Gasteiger partial charge >= 0.3 is 0 Å². The van der Waals surface area contributed by atoms with E-state index in [1.165, 1.54) is 11.1 Å². The van der Waals surface area contributed by atoms with Gasteiger partial charge in [-0.25, -0.2) is 0 Å². The van der Waals surface area contributed by atoms with Gasteiger partial charge in [0.05, 0.1) is 25.7 Å². The van der Waals surface area contributed by atoms with Gasteiger partial charge in [-0.05, 0) is 54.4 Å². The van der Waals surface area contributed by atoms with Crippen molar-refractivity contribution in [3.63, 3.8) is 0 Å². The van der Waals surface area contributed by atoms with Gasteiger partial charge in [-0.1, -0.05) is 31.9 Å². The number of unbranched alkanes of at least 4 members (excludes halogenated alkanes) is 1. The molecule has 4 nitrogen and oxygen atoms in total. The summed E-state index contributed by atoms with van der Waals surface area (Å²) >= 11 is 0. The van der Waals surface area contributed by atoms with Crippen LogP contribution in [0.2, 0.25) is 0 Å². The zero-order valence-corrected chi connectivity index (χ0v) is 16.5. The number of ether oxygens (including phenoxy) is 2. The highest BCUT2D eigenvalue weighted by atomic mass is 16.5. The maximum absolute atomic E-state index is 13.5. The maximum Gasteiger partial charge on any atom is 0.227 e. The Kier molecular flexibility index (Phi) is 3.82. The quantitative estimate of drug-likeness (QED) is 0.740. The standard InChI is InChI=1S/C23H29NO3/c1-4-5-9-23-17-13-19(27-3)18(26-2)12-14(17)8-10-24(23)22(25)20-15-6-7-16(11-15)21(20)23/h6-7,12-13,15-16,20-21H,4-5,8-11H2,1-3H3/t15-,16+,20-,21+,23+/m0/s1. The SMILES string of the molecule is CCCC[C@]12c3cc(OC)c(OC)cc3CCN1C(=O)[C@@H]1[C@H]2[C@@H]2C=C[C@H]1C2. The van der Waals surface area contributed by atoms with Gasteiger partial charge in [0, 0.05) is 12.5 Å². The molecule has 144 valence electrons. The molecule has 0 N–H and O–H groups in total. The second-order valence-electron chi connectivity index (χ2n) is 8.63. The highest BCUT2D eigenvalue weighted by Crippen LogP contribution is 2.64. The van der Waals surface area contributed by atoms with Crippen molar-refractivity contribution in [3.8, 4) is 11.5 Å². The summed E-state index contributed by atoms with van der Waals surface area (Å²) < 4.78 is 11.2. The molecule has 5 rings (SSSR count). The van der Waals surface area contributed by atoms with E-state index in [4.69, 9.17) is 9.47 Å². The molecule has 1 saturated heterocycles. The second-order valence-corrected chi connectivity index (χ2v) is 8.63. The lowest BCUT2D eigenvalue weighted by atomic mass is 9.66. The van der Waals surface area contributed by atoms with E-state index < -0.39 is 0 Å². The number of hydrogen-bond donors (Lipinski definition) is 0. The van der Waals surface area contributed by atoms with Crippen molar-refractivity contribution >= 4 is 5.91 Å². The number of methoxy groups -OCH3 is 2. The molecule has 2 heterocycles. The van der Waals surface area contributed by atoms with Crippen LogP contribution in [0.4, 0.5) is 0 Å². The third-order valence-corrected chi connectivity index (χ3v) is 7.64. The molecule has 5 atom stereocenters. The van der Waals surface area contributed by atoms with Crippen LogP contribution in [0, 0.1) is 23.7 Å². The summed E-state index contributed by atoms with van der Waals surface area (Å²) in [6, 6.07) is 4.33. The van der Waals surface area contributed by atoms with E-state index >= 15 is 0 Å². The Balaban J connectivity index is 1.72. The summed E-state index contributed by atoms with van der Waals surface area (Å²) in [5.74, 6) is 3.53. The lowest BCUT2D eigenvalue weighted by molar-refractivity contribution is -0.135. The Morgan fingerprint density at radius 3 is 2.63 bits per heavy atom. The molecule has 2 bridgehead atoms. The van der Waals surface area contributed by atoms with E-state index in [-0.39, 0.29) is 11.5 Å². The smallest absolute Gasteiger partial charge is 0.227 e. The molecule has 27 heavy (non-hydrogen) atoms. The normalized spacial score (nSPS) is 35.2. The first-order chi connectivity index (χ1) is 13.2. The minimum Gasteiger partial charge on any atom is -0.493 e. The fourth-order valence-corrected chi connectivity index (χ4v) is 6.65. The zero-order valence-electron chi connectivity index (χ0n) is 16.5. The monoisotopic (exact) mass is 367 g/mol. The average Bonchev–Trinajstić information content (AvgIpc) is 3.37. The average molecular weight is 367 g/mol. The summed E-state index contributed by atoms with van der Waals surface area (Å²) in [6.45, 7) is 3.08. The van der Waals surface area contributed by atoms with Crippen molar-refractivity contribution in [2.75, 3.05) is 20.8 Å². The highest BCUT2D eigenvalue weighted by Gasteiger charge is 2.67. The minimum absolute atomic E-state index is 0.172. The number of rotatable bonds is 5. The van der Waals surface area contributed by atoms with Gasteiger partial charge in [-0.2, -0.15) is 0 Å². The molecule has 2 aliphatic carbocycles. The van der Waals surface area contributed by atoms with E-state index in [9.17, 15) is 4.79 Å². The van der Waals surface area contributed by atoms with Crippen LogP contribution in [-0.2, 0) is 16.8 Å². The van der Waals surface area contributed by atoms with E-state index in [0.29, 0.717) is 23.7 Å². The summed E-state index contributed by atoms with van der Waals surface area (Å²) in [7, 11) is 3.40. The van der Waals surface area contributed by atoms with Crippen molar-refractivity contribution in [2.24, 2.45) is 23.7 Å². The van der Waals surface area contributed by atoms with Crippen LogP contribution in [0.5, 0.6) is 11.5 Å². The Bertz CT molecular complexity index is 816. The molecule has 0 unspecified atom stereocenters. The van der Waals surface area contributed by atoms with E-state index in [2.05, 4.69) is 36.1 Å². The Morgan fingerprint density at radius 2 is 1.89 bits per heavy atom. The van der Waals surface area contributed by atoms with Crippen LogP contribution >= 0.6 is 0 Å². The van der Waals surface area contributed by atoms with Gasteiger partial charge in [0.1, 0.15) is 0 Å². The molecule has 0 spiro atoms. The van der Waals surface area contributed by atoms with Gasteiger partial charge in [-0.3, -0.25) is 4.79 Å². The predicted octanol–water partition coefficient (Wildman–Crippen LogP) is 3.93. The fourth-order valence-electron chi connectivity index (χ4n) is 6.65. The zero-order chi connectivity index (χ0) is 18.8. The molecule has 1 saturated carbocycles. The van der Waals surface area contributed by atoms with Crippen molar-refractivity contribution in [1.29, 1.82) is 0 Å². The van der Waals surface area contributed by atoms with Crippen LogP contribution in [0.15, 0.2) is 24.3 Å². The van der Waals surface area contributed by atoms with Crippen LogP contribution < -0.4 is 9.47 Å². The first kappa shape index (κ1) is 17.2. The van der Waals surface area contributed by atoms with Gasteiger partial charge in [-0.15, -0.1) is 0 Å². The largest absolute Gasteiger partial charge is 0.493 e. The minimum atomic E-state index is -0.172. The first-order valence-corrected chi connectivity index (χ1v) is 10.4. The molecular weight excluding hydrogens is 338 g/mol. The number of fused-ring (bicyclic) bond motifs is 9. The summed E-state index contributed by atoms with van der Waals surface area (Å²) in [5, 5.41) is 0. The topological polar surface area (TPSA) is 38.8 Å². The number of carbonyl (C=O) groups excluding carboxylic acids is 1. The highest BCUT2D eigenvalue weighted by molar-refractivity contribution is 5.86.